The first-order valence-corrected chi connectivity index (χ1v) is 21.0. The lowest BCUT2D eigenvalue weighted by molar-refractivity contribution is -0.381. The minimum absolute atomic E-state index is 0.656. The molecular formula is C41H57NO27. The van der Waals surface area contributed by atoms with Crippen molar-refractivity contribution in [1.82, 2.24) is 5.32 Å². The van der Waals surface area contributed by atoms with Crippen molar-refractivity contribution in [3.63, 3.8) is 0 Å². The maximum Gasteiger partial charge on any atom is 0.366 e. The van der Waals surface area contributed by atoms with Crippen LogP contribution in [0.1, 0.15) is 75.7 Å². The zero-order valence-electron chi connectivity index (χ0n) is 39.5. The van der Waals surface area contributed by atoms with Gasteiger partial charge in [-0.3, -0.25) is 47.9 Å². The predicted molar refractivity (Wildman–Crippen MR) is 214 cm³/mol. The molecule has 388 valence electrons. The third-order valence-electron chi connectivity index (χ3n) is 9.78. The number of nitrogens with one attached hydrogen (secondary N) is 1. The summed E-state index contributed by atoms with van der Waals surface area (Å²) in [7, 11) is 0.844. The summed E-state index contributed by atoms with van der Waals surface area (Å²) in [6.07, 6.45) is -25.6. The van der Waals surface area contributed by atoms with E-state index in [-0.39, 0.29) is 0 Å². The number of rotatable bonds is 19. The molecule has 1 unspecified atom stereocenters. The number of ether oxygens (including phenoxy) is 15. The molecular weight excluding hydrogens is 938 g/mol. The van der Waals surface area contributed by atoms with Crippen LogP contribution in [0.5, 0.6) is 0 Å². The van der Waals surface area contributed by atoms with Gasteiger partial charge < -0.3 is 81.5 Å². The van der Waals surface area contributed by atoms with Crippen LogP contribution in [-0.2, 0) is 124 Å². The summed E-state index contributed by atoms with van der Waals surface area (Å²) < 4.78 is 84.6. The Balaban J connectivity index is 2.44. The Labute approximate surface area is 393 Å². The molecule has 28 heteroatoms. The van der Waals surface area contributed by atoms with E-state index in [0.717, 1.165) is 76.3 Å². The molecule has 1 amide bonds. The van der Waals surface area contributed by atoms with Crippen LogP contribution in [-0.4, -0.2) is 189 Å². The molecule has 3 rings (SSSR count). The van der Waals surface area contributed by atoms with Crippen LogP contribution in [0.15, 0.2) is 0 Å². The smallest absolute Gasteiger partial charge is 0.366 e. The quantitative estimate of drug-likeness (QED) is 0.101. The standard InChI is InChI=1S/C41H57NO27/c1-16(43)42-30-26(59-19(4)46)12-41(40(54)55-11,68-34(30)31(61-21(6)48)27(60-20(5)47)13-56-17(2)44)69-35-32(62-22(7)49)28(14-57-18(3)45)66-39(37(35)65-25(10)52)67-29-15-58-38(53)36(64-24(9)51)33(29)63-23(8)50/h26-39,53H,12-15H2,1-11H3,(H,42,43)/t26-,27+,28+,29+,30+,31+,32-,33-,34+,35-,36+,37+,38?,39-,41-/m0/s1. The third kappa shape index (κ3) is 16.5. The number of aliphatic hydroxyl groups excluding tert-OH is 1. The number of carbonyl (C=O) groups is 11. The monoisotopic (exact) mass is 995 g/mol. The van der Waals surface area contributed by atoms with Gasteiger partial charge in [-0.05, 0) is 0 Å². The normalized spacial score (nSPS) is 30.6. The van der Waals surface area contributed by atoms with Gasteiger partial charge >= 0.3 is 59.7 Å². The zero-order valence-corrected chi connectivity index (χ0v) is 39.5. The molecule has 3 aliphatic rings. The molecule has 3 fully saturated rings. The zero-order chi connectivity index (χ0) is 52.1. The minimum Gasteiger partial charge on any atom is -0.465 e. The van der Waals surface area contributed by atoms with Gasteiger partial charge in [0.1, 0.15) is 43.7 Å². The molecule has 0 saturated carbocycles. The van der Waals surface area contributed by atoms with Crippen LogP contribution in [0.4, 0.5) is 0 Å². The Kier molecular flexibility index (Phi) is 21.2. The summed E-state index contributed by atoms with van der Waals surface area (Å²) >= 11 is 0. The van der Waals surface area contributed by atoms with Gasteiger partial charge in [0.2, 0.25) is 5.91 Å². The summed E-state index contributed by atoms with van der Waals surface area (Å²) in [6.45, 7) is 7.28. The summed E-state index contributed by atoms with van der Waals surface area (Å²) in [5.74, 6) is -14.5. The van der Waals surface area contributed by atoms with Crippen LogP contribution in [0.3, 0.4) is 0 Å². The van der Waals surface area contributed by atoms with Crippen LogP contribution < -0.4 is 5.32 Å². The fourth-order valence-corrected chi connectivity index (χ4v) is 7.54. The maximum atomic E-state index is 14.5. The molecule has 15 atom stereocenters. The van der Waals surface area contributed by atoms with Gasteiger partial charge in [-0.2, -0.15) is 0 Å². The lowest BCUT2D eigenvalue weighted by Gasteiger charge is -2.52. The molecule has 0 aromatic rings. The molecule has 69 heavy (non-hydrogen) atoms. The predicted octanol–water partition coefficient (Wildman–Crippen LogP) is -2.36. The number of carbonyl (C=O) groups excluding carboxylic acids is 11. The molecule has 3 saturated heterocycles. The number of aliphatic hydroxyl groups is 1. The minimum atomic E-state index is -3.08. The second-order valence-electron chi connectivity index (χ2n) is 15.6. The Bertz CT molecular complexity index is 1920. The molecule has 3 heterocycles. The van der Waals surface area contributed by atoms with Gasteiger partial charge in [0, 0.05) is 69.2 Å². The summed E-state index contributed by atoms with van der Waals surface area (Å²) in [5.41, 5.74) is 0. The fraction of sp³-hybridized carbons (Fsp3) is 0.732. The Morgan fingerprint density at radius 2 is 1.16 bits per heavy atom. The SMILES string of the molecule is COC(=O)[C@@]1(O[C@H]2[C@@H](OC(C)=O)[C@@H](COC(C)=O)O[C@@H](O[C@@H]3COC(O)[C@H](OC(C)=O)[C@H]3OC(C)=O)[C@@H]2OC(C)=O)C[C@H](OC(C)=O)[C@@H](NC(C)=O)[C@H]([C@H](OC(C)=O)[C@@H](COC(C)=O)OC(C)=O)O1. The number of methoxy groups -OCH3 is 1. The van der Waals surface area contributed by atoms with Gasteiger partial charge in [-0.25, -0.2) is 4.79 Å². The van der Waals surface area contributed by atoms with E-state index < -0.39 is 183 Å². The van der Waals surface area contributed by atoms with E-state index in [9.17, 15) is 57.8 Å². The van der Waals surface area contributed by atoms with Gasteiger partial charge in [0.05, 0.1) is 26.2 Å². The number of hydrogen-bond acceptors (Lipinski definition) is 27. The van der Waals surface area contributed by atoms with Crippen molar-refractivity contribution in [2.24, 2.45) is 0 Å². The number of esters is 10. The summed E-state index contributed by atoms with van der Waals surface area (Å²) in [4.78, 5) is 140. The van der Waals surface area contributed by atoms with Gasteiger partial charge in [0.25, 0.3) is 5.79 Å². The topological polar surface area (TPSA) is 358 Å². The molecule has 2 N–H and O–H groups in total. The van der Waals surface area contributed by atoms with E-state index in [0.29, 0.717) is 0 Å². The third-order valence-corrected chi connectivity index (χ3v) is 9.78. The average Bonchev–Trinajstić information content (AvgIpc) is 3.21. The average molecular weight is 996 g/mol. The highest BCUT2D eigenvalue weighted by molar-refractivity contribution is 5.79. The van der Waals surface area contributed by atoms with E-state index in [1.54, 1.807) is 0 Å². The van der Waals surface area contributed by atoms with Crippen molar-refractivity contribution < 1.29 is 129 Å². The molecule has 0 aromatic carbocycles. The van der Waals surface area contributed by atoms with Crippen molar-refractivity contribution in [3.05, 3.63) is 0 Å². The largest absolute Gasteiger partial charge is 0.465 e. The summed E-state index contributed by atoms with van der Waals surface area (Å²) in [5, 5.41) is 13.1. The van der Waals surface area contributed by atoms with E-state index in [4.69, 9.17) is 71.1 Å². The highest BCUT2D eigenvalue weighted by Crippen LogP contribution is 2.42. The Hall–Kier alpha value is -6.07. The molecule has 0 aliphatic carbocycles. The second-order valence-corrected chi connectivity index (χ2v) is 15.6. The molecule has 0 radical (unpaired) electrons. The summed E-state index contributed by atoms with van der Waals surface area (Å²) in [6, 6.07) is -1.67. The fourth-order valence-electron chi connectivity index (χ4n) is 7.54. The number of hydrogen-bond donors (Lipinski definition) is 2. The van der Waals surface area contributed by atoms with Crippen LogP contribution in [0.25, 0.3) is 0 Å². The highest BCUT2D eigenvalue weighted by Gasteiger charge is 2.64. The molecule has 3 aliphatic heterocycles. The first-order valence-electron chi connectivity index (χ1n) is 21.0. The number of amides is 1. The first-order chi connectivity index (χ1) is 32.2. The maximum absolute atomic E-state index is 14.5. The van der Waals surface area contributed by atoms with Crippen molar-refractivity contribution in [2.75, 3.05) is 26.9 Å². The highest BCUT2D eigenvalue weighted by atomic mass is 16.8. The van der Waals surface area contributed by atoms with Gasteiger partial charge in [-0.15, -0.1) is 0 Å². The van der Waals surface area contributed by atoms with Gasteiger partial charge in [0.15, 0.2) is 49.2 Å². The second kappa shape index (κ2) is 25.5. The van der Waals surface area contributed by atoms with E-state index in [1.807, 2.05) is 0 Å². The first kappa shape index (κ1) is 57.2. The van der Waals surface area contributed by atoms with Crippen molar-refractivity contribution in [2.45, 2.75) is 167 Å². The van der Waals surface area contributed by atoms with E-state index in [1.165, 1.54) is 0 Å². The van der Waals surface area contributed by atoms with Crippen LogP contribution in [0, 0.1) is 0 Å². The van der Waals surface area contributed by atoms with Crippen molar-refractivity contribution in [1.29, 1.82) is 0 Å². The van der Waals surface area contributed by atoms with Gasteiger partial charge in [-0.1, -0.05) is 0 Å². The van der Waals surface area contributed by atoms with E-state index in [2.05, 4.69) is 5.32 Å². The Morgan fingerprint density at radius 3 is 1.67 bits per heavy atom. The molecule has 0 aromatic heterocycles. The molecule has 0 bridgehead atoms. The lowest BCUT2D eigenvalue weighted by Crippen LogP contribution is -2.72. The molecule has 28 nitrogen and oxygen atoms in total. The van der Waals surface area contributed by atoms with Crippen molar-refractivity contribution in [3.8, 4) is 0 Å². The Morgan fingerprint density at radius 1 is 0.623 bits per heavy atom. The molecule has 0 spiro atoms. The lowest BCUT2D eigenvalue weighted by atomic mass is 9.87. The van der Waals surface area contributed by atoms with Crippen LogP contribution in [0.2, 0.25) is 0 Å². The van der Waals surface area contributed by atoms with E-state index >= 15 is 0 Å². The van der Waals surface area contributed by atoms with Crippen molar-refractivity contribution >= 4 is 65.6 Å². The van der Waals surface area contributed by atoms with Crippen LogP contribution >= 0.6 is 0 Å².